The number of pyridine rings is 1. The van der Waals surface area contributed by atoms with Crippen LogP contribution in [-0.4, -0.2) is 41.0 Å². The SMILES string of the molecule is CCOC(=O)C1CCC(NC(=NC)NCc2cn3c(C)cccc3n2)CC1.I. The Hall–Kier alpha value is -1.84. The molecule has 0 amide bonds. The number of rotatable bonds is 5. The molecule has 1 aliphatic rings. The van der Waals surface area contributed by atoms with Crippen LogP contribution in [0.4, 0.5) is 0 Å². The summed E-state index contributed by atoms with van der Waals surface area (Å²) in [7, 11) is 1.77. The average molecular weight is 499 g/mol. The van der Waals surface area contributed by atoms with Crippen molar-refractivity contribution in [3.05, 3.63) is 35.8 Å². The number of aryl methyl sites for hydroxylation is 1. The van der Waals surface area contributed by atoms with E-state index in [0.717, 1.165) is 48.7 Å². The molecule has 2 aromatic heterocycles. The third kappa shape index (κ3) is 5.59. The second-order valence-corrected chi connectivity index (χ2v) is 7.00. The fourth-order valence-corrected chi connectivity index (χ4v) is 3.58. The van der Waals surface area contributed by atoms with Crippen LogP contribution in [0.2, 0.25) is 0 Å². The highest BCUT2D eigenvalue weighted by molar-refractivity contribution is 14.0. The molecule has 1 aliphatic carbocycles. The fraction of sp³-hybridized carbons (Fsp3) is 0.550. The lowest BCUT2D eigenvalue weighted by Gasteiger charge is -2.29. The van der Waals surface area contributed by atoms with E-state index in [1.807, 2.05) is 19.1 Å². The van der Waals surface area contributed by atoms with E-state index in [2.05, 4.69) is 44.2 Å². The van der Waals surface area contributed by atoms with Gasteiger partial charge in [-0.15, -0.1) is 24.0 Å². The molecule has 0 aromatic carbocycles. The van der Waals surface area contributed by atoms with E-state index in [1.54, 1.807) is 7.05 Å². The summed E-state index contributed by atoms with van der Waals surface area (Å²) in [5.74, 6) is 0.753. The number of hydrogen-bond donors (Lipinski definition) is 2. The molecule has 0 saturated heterocycles. The van der Waals surface area contributed by atoms with Crippen LogP contribution in [-0.2, 0) is 16.1 Å². The first-order valence-corrected chi connectivity index (χ1v) is 9.68. The molecular formula is C20H30IN5O2. The lowest BCUT2D eigenvalue weighted by Crippen LogP contribution is -2.45. The van der Waals surface area contributed by atoms with Crippen molar-refractivity contribution >= 4 is 41.6 Å². The highest BCUT2D eigenvalue weighted by Gasteiger charge is 2.27. The summed E-state index contributed by atoms with van der Waals surface area (Å²) >= 11 is 0. The van der Waals surface area contributed by atoms with Crippen molar-refractivity contribution in [2.24, 2.45) is 10.9 Å². The lowest BCUT2D eigenvalue weighted by atomic mass is 9.86. The maximum Gasteiger partial charge on any atom is 0.308 e. The number of nitrogens with one attached hydrogen (secondary N) is 2. The van der Waals surface area contributed by atoms with Crippen molar-refractivity contribution in [2.75, 3.05) is 13.7 Å². The van der Waals surface area contributed by atoms with Gasteiger partial charge in [0, 0.05) is 25.0 Å². The van der Waals surface area contributed by atoms with Crippen LogP contribution < -0.4 is 10.6 Å². The number of ether oxygens (including phenoxy) is 1. The monoisotopic (exact) mass is 499 g/mol. The molecule has 3 rings (SSSR count). The van der Waals surface area contributed by atoms with E-state index < -0.39 is 0 Å². The summed E-state index contributed by atoms with van der Waals surface area (Å²) in [6, 6.07) is 6.41. The fourth-order valence-electron chi connectivity index (χ4n) is 3.58. The van der Waals surface area contributed by atoms with Crippen molar-refractivity contribution in [2.45, 2.75) is 52.1 Å². The zero-order valence-electron chi connectivity index (χ0n) is 16.8. The Bertz CT molecular complexity index is 812. The number of imidazole rings is 1. The predicted octanol–water partition coefficient (Wildman–Crippen LogP) is 3.05. The minimum Gasteiger partial charge on any atom is -0.466 e. The number of guanidine groups is 1. The smallest absolute Gasteiger partial charge is 0.308 e. The summed E-state index contributed by atoms with van der Waals surface area (Å²) in [4.78, 5) is 20.8. The summed E-state index contributed by atoms with van der Waals surface area (Å²) < 4.78 is 7.22. The number of aromatic nitrogens is 2. The van der Waals surface area contributed by atoms with Gasteiger partial charge in [-0.1, -0.05) is 6.07 Å². The Morgan fingerprint density at radius 3 is 2.71 bits per heavy atom. The predicted molar refractivity (Wildman–Crippen MR) is 121 cm³/mol. The highest BCUT2D eigenvalue weighted by Crippen LogP contribution is 2.25. The average Bonchev–Trinajstić information content (AvgIpc) is 3.10. The van der Waals surface area contributed by atoms with Gasteiger partial charge in [-0.3, -0.25) is 9.79 Å². The van der Waals surface area contributed by atoms with Gasteiger partial charge in [0.15, 0.2) is 5.96 Å². The number of nitrogens with zero attached hydrogens (tertiary/aromatic N) is 3. The van der Waals surface area contributed by atoms with Crippen molar-refractivity contribution in [1.82, 2.24) is 20.0 Å². The van der Waals surface area contributed by atoms with E-state index in [4.69, 9.17) is 4.74 Å². The minimum atomic E-state index is -0.0550. The van der Waals surface area contributed by atoms with Crippen LogP contribution in [0, 0.1) is 12.8 Å². The van der Waals surface area contributed by atoms with E-state index in [9.17, 15) is 4.79 Å². The number of carbonyl (C=O) groups is 1. The van der Waals surface area contributed by atoms with Gasteiger partial charge >= 0.3 is 5.97 Å². The minimum absolute atomic E-state index is 0. The summed E-state index contributed by atoms with van der Waals surface area (Å²) in [5.41, 5.74) is 3.08. The molecule has 1 fully saturated rings. The van der Waals surface area contributed by atoms with Gasteiger partial charge in [-0.2, -0.15) is 0 Å². The number of aliphatic imine (C=N–C) groups is 1. The molecule has 0 atom stereocenters. The molecular weight excluding hydrogens is 469 g/mol. The maximum atomic E-state index is 11.9. The molecule has 2 N–H and O–H groups in total. The van der Waals surface area contributed by atoms with Crippen LogP contribution in [0.15, 0.2) is 29.4 Å². The summed E-state index contributed by atoms with van der Waals surface area (Å²) in [6.07, 6.45) is 5.66. The largest absolute Gasteiger partial charge is 0.466 e. The number of esters is 1. The molecule has 154 valence electrons. The van der Waals surface area contributed by atoms with Crippen molar-refractivity contribution < 1.29 is 9.53 Å². The Kier molecular flexibility index (Phi) is 8.53. The molecule has 0 unspecified atom stereocenters. The molecule has 8 heteroatoms. The first-order chi connectivity index (χ1) is 13.1. The summed E-state index contributed by atoms with van der Waals surface area (Å²) in [6.45, 7) is 4.99. The quantitative estimate of drug-likeness (QED) is 0.286. The van der Waals surface area contributed by atoms with Gasteiger partial charge in [0.2, 0.25) is 0 Å². The number of halogens is 1. The normalized spacial score (nSPS) is 19.8. The van der Waals surface area contributed by atoms with Crippen molar-refractivity contribution in [3.8, 4) is 0 Å². The van der Waals surface area contributed by atoms with E-state index >= 15 is 0 Å². The zero-order chi connectivity index (χ0) is 19.2. The molecule has 2 aromatic rings. The molecule has 7 nitrogen and oxygen atoms in total. The third-order valence-corrected chi connectivity index (χ3v) is 5.09. The van der Waals surface area contributed by atoms with Gasteiger partial charge < -0.3 is 19.8 Å². The molecule has 1 saturated carbocycles. The van der Waals surface area contributed by atoms with Crippen LogP contribution >= 0.6 is 24.0 Å². The second kappa shape index (κ2) is 10.6. The first kappa shape index (κ1) is 22.4. The lowest BCUT2D eigenvalue weighted by molar-refractivity contribution is -0.149. The Labute approximate surface area is 183 Å². The van der Waals surface area contributed by atoms with E-state index in [1.165, 1.54) is 0 Å². The topological polar surface area (TPSA) is 80.0 Å². The molecule has 0 aliphatic heterocycles. The molecule has 0 spiro atoms. The first-order valence-electron chi connectivity index (χ1n) is 9.68. The Balaban J connectivity index is 0.00000280. The number of fused-ring (bicyclic) bond motifs is 1. The molecule has 0 bridgehead atoms. The van der Waals surface area contributed by atoms with Gasteiger partial charge in [0.1, 0.15) is 5.65 Å². The second-order valence-electron chi connectivity index (χ2n) is 7.00. The molecule has 28 heavy (non-hydrogen) atoms. The van der Waals surface area contributed by atoms with Crippen LogP contribution in [0.3, 0.4) is 0 Å². The Morgan fingerprint density at radius 2 is 2.07 bits per heavy atom. The third-order valence-electron chi connectivity index (χ3n) is 5.09. The van der Waals surface area contributed by atoms with Crippen LogP contribution in [0.1, 0.15) is 44.0 Å². The van der Waals surface area contributed by atoms with Crippen LogP contribution in [0.25, 0.3) is 5.65 Å². The van der Waals surface area contributed by atoms with E-state index in [-0.39, 0.29) is 35.9 Å². The standard InChI is InChI=1S/C20H29N5O2.HI/c1-4-27-19(26)15-8-10-16(11-9-15)24-20(21-3)22-12-17-13-25-14(2)6-5-7-18(25)23-17;/h5-7,13,15-16H,4,8-12H2,1-3H3,(H2,21,22,24);1H. The van der Waals surface area contributed by atoms with Gasteiger partial charge in [0.05, 0.1) is 24.8 Å². The zero-order valence-corrected chi connectivity index (χ0v) is 19.1. The molecule has 0 radical (unpaired) electrons. The van der Waals surface area contributed by atoms with Crippen molar-refractivity contribution in [1.29, 1.82) is 0 Å². The number of hydrogen-bond acceptors (Lipinski definition) is 4. The van der Waals surface area contributed by atoms with Crippen molar-refractivity contribution in [3.63, 3.8) is 0 Å². The van der Waals surface area contributed by atoms with Gasteiger partial charge in [0.25, 0.3) is 0 Å². The Morgan fingerprint density at radius 1 is 1.32 bits per heavy atom. The highest BCUT2D eigenvalue weighted by atomic mass is 127. The van der Waals surface area contributed by atoms with E-state index in [0.29, 0.717) is 19.2 Å². The van der Waals surface area contributed by atoms with Crippen LogP contribution in [0.5, 0.6) is 0 Å². The summed E-state index contributed by atoms with van der Waals surface area (Å²) in [5, 5.41) is 6.80. The maximum absolute atomic E-state index is 11.9. The van der Waals surface area contributed by atoms with Gasteiger partial charge in [-0.05, 0) is 51.7 Å². The molecule has 2 heterocycles. The number of carbonyl (C=O) groups excluding carboxylic acids is 1. The van der Waals surface area contributed by atoms with Gasteiger partial charge in [-0.25, -0.2) is 4.98 Å².